The van der Waals surface area contributed by atoms with Gasteiger partial charge in [-0.05, 0) is 18.9 Å². The second kappa shape index (κ2) is 6.09. The summed E-state index contributed by atoms with van der Waals surface area (Å²) >= 11 is 5.69. The molecule has 84 valence electrons. The topological polar surface area (TPSA) is 12.0 Å². The van der Waals surface area contributed by atoms with Gasteiger partial charge in [-0.25, -0.2) is 4.39 Å². The van der Waals surface area contributed by atoms with Crippen LogP contribution in [0.4, 0.5) is 4.39 Å². The zero-order chi connectivity index (χ0) is 11.3. The zero-order valence-corrected chi connectivity index (χ0v) is 9.94. The minimum Gasteiger partial charge on any atom is -0.310 e. The Morgan fingerprint density at radius 2 is 2.00 bits per heavy atom. The van der Waals surface area contributed by atoms with Gasteiger partial charge in [0.25, 0.3) is 0 Å². The zero-order valence-electron chi connectivity index (χ0n) is 9.19. The quantitative estimate of drug-likeness (QED) is 0.811. The monoisotopic (exact) mass is 229 g/mol. The molecule has 0 aromatic heterocycles. The molecule has 0 saturated carbocycles. The molecule has 1 nitrogen and oxygen atoms in total. The first-order valence-electron chi connectivity index (χ1n) is 5.35. The van der Waals surface area contributed by atoms with E-state index in [4.69, 9.17) is 11.6 Å². The lowest BCUT2D eigenvalue weighted by Gasteiger charge is -2.15. The largest absolute Gasteiger partial charge is 0.310 e. The fourth-order valence-corrected chi connectivity index (χ4v) is 1.71. The second-order valence-electron chi connectivity index (χ2n) is 3.61. The number of hydrogen-bond acceptors (Lipinski definition) is 1. The van der Waals surface area contributed by atoms with Crippen LogP contribution in [-0.2, 0) is 6.54 Å². The fourth-order valence-electron chi connectivity index (χ4n) is 1.52. The van der Waals surface area contributed by atoms with Crippen LogP contribution in [0.25, 0.3) is 0 Å². The van der Waals surface area contributed by atoms with E-state index in [9.17, 15) is 4.39 Å². The predicted molar refractivity (Wildman–Crippen MR) is 62.6 cm³/mol. The molecule has 0 bridgehead atoms. The number of nitrogens with one attached hydrogen (secondary N) is 1. The van der Waals surface area contributed by atoms with E-state index in [0.29, 0.717) is 18.2 Å². The van der Waals surface area contributed by atoms with E-state index >= 15 is 0 Å². The minimum absolute atomic E-state index is 0.193. The maximum absolute atomic E-state index is 13.5. The van der Waals surface area contributed by atoms with Crippen LogP contribution in [-0.4, -0.2) is 6.04 Å². The van der Waals surface area contributed by atoms with Crippen LogP contribution in [0.15, 0.2) is 18.2 Å². The van der Waals surface area contributed by atoms with Gasteiger partial charge in [0.15, 0.2) is 0 Å². The molecule has 0 fully saturated rings. The molecular weight excluding hydrogens is 213 g/mol. The Kier molecular flexibility index (Phi) is 5.06. The molecule has 0 saturated heterocycles. The molecule has 0 unspecified atom stereocenters. The third kappa shape index (κ3) is 3.47. The first-order chi connectivity index (χ1) is 7.19. The molecule has 0 atom stereocenters. The van der Waals surface area contributed by atoms with E-state index in [2.05, 4.69) is 19.2 Å². The van der Waals surface area contributed by atoms with E-state index in [1.165, 1.54) is 0 Å². The summed E-state index contributed by atoms with van der Waals surface area (Å²) in [5.74, 6) is -0.308. The van der Waals surface area contributed by atoms with Crippen molar-refractivity contribution in [2.24, 2.45) is 0 Å². The van der Waals surface area contributed by atoms with Gasteiger partial charge < -0.3 is 5.32 Å². The van der Waals surface area contributed by atoms with Gasteiger partial charge in [0.05, 0.1) is 5.02 Å². The van der Waals surface area contributed by atoms with Crippen molar-refractivity contribution in [1.29, 1.82) is 0 Å². The molecule has 1 aromatic rings. The van der Waals surface area contributed by atoms with E-state index in [1.54, 1.807) is 18.2 Å². The minimum atomic E-state index is -0.308. The van der Waals surface area contributed by atoms with Crippen molar-refractivity contribution in [3.8, 4) is 0 Å². The Labute approximate surface area is 95.6 Å². The Bertz CT molecular complexity index is 310. The van der Waals surface area contributed by atoms with Crippen LogP contribution in [0, 0.1) is 5.82 Å². The summed E-state index contributed by atoms with van der Waals surface area (Å²) in [7, 11) is 0. The van der Waals surface area contributed by atoms with Crippen LogP contribution < -0.4 is 5.32 Å². The Morgan fingerprint density at radius 1 is 1.33 bits per heavy atom. The highest BCUT2D eigenvalue weighted by atomic mass is 35.5. The summed E-state index contributed by atoms with van der Waals surface area (Å²) in [4.78, 5) is 0. The predicted octanol–water partition coefficient (Wildman–Crippen LogP) is 3.76. The lowest BCUT2D eigenvalue weighted by atomic mass is 10.1. The number of halogens is 2. The van der Waals surface area contributed by atoms with Crippen LogP contribution >= 0.6 is 11.6 Å². The summed E-state index contributed by atoms with van der Waals surface area (Å²) in [5.41, 5.74) is 0.634. The van der Waals surface area contributed by atoms with Crippen LogP contribution in [0.1, 0.15) is 32.3 Å². The van der Waals surface area contributed by atoms with E-state index in [1.807, 2.05) is 0 Å². The summed E-state index contributed by atoms with van der Waals surface area (Å²) < 4.78 is 13.5. The van der Waals surface area contributed by atoms with Crippen LogP contribution in [0.3, 0.4) is 0 Å². The van der Waals surface area contributed by atoms with Gasteiger partial charge in [-0.3, -0.25) is 0 Å². The average molecular weight is 230 g/mol. The molecule has 3 heteroatoms. The molecule has 0 radical (unpaired) electrons. The standard InChI is InChI=1S/C12H17ClFN/c1-3-10(4-2)15-8-9-6-5-7-11(13)12(9)14/h5-7,10,15H,3-4,8H2,1-2H3. The van der Waals surface area contributed by atoms with Gasteiger partial charge in [0.2, 0.25) is 0 Å². The van der Waals surface area contributed by atoms with Crippen molar-refractivity contribution in [3.63, 3.8) is 0 Å². The molecule has 1 rings (SSSR count). The third-order valence-electron chi connectivity index (χ3n) is 2.60. The molecular formula is C12H17ClFN. The second-order valence-corrected chi connectivity index (χ2v) is 4.01. The summed E-state index contributed by atoms with van der Waals surface area (Å²) in [6.07, 6.45) is 2.11. The van der Waals surface area contributed by atoms with Crippen LogP contribution in [0.2, 0.25) is 5.02 Å². The smallest absolute Gasteiger partial charge is 0.146 e. The van der Waals surface area contributed by atoms with Gasteiger partial charge in [-0.2, -0.15) is 0 Å². The van der Waals surface area contributed by atoms with Gasteiger partial charge in [-0.1, -0.05) is 37.6 Å². The molecule has 0 aliphatic carbocycles. The summed E-state index contributed by atoms with van der Waals surface area (Å²) in [6.45, 7) is 4.78. The van der Waals surface area contributed by atoms with E-state index in [-0.39, 0.29) is 10.8 Å². The summed E-state index contributed by atoms with van der Waals surface area (Å²) in [5, 5.41) is 3.50. The van der Waals surface area contributed by atoms with E-state index < -0.39 is 0 Å². The average Bonchev–Trinajstić information content (AvgIpc) is 2.25. The van der Waals surface area contributed by atoms with Crippen molar-refractivity contribution in [2.75, 3.05) is 0 Å². The molecule has 0 spiro atoms. The highest BCUT2D eigenvalue weighted by Crippen LogP contribution is 2.17. The summed E-state index contributed by atoms with van der Waals surface area (Å²) in [6, 6.07) is 5.55. The third-order valence-corrected chi connectivity index (χ3v) is 2.89. The molecule has 1 N–H and O–H groups in total. The molecule has 0 heterocycles. The highest BCUT2D eigenvalue weighted by molar-refractivity contribution is 6.30. The molecule has 15 heavy (non-hydrogen) atoms. The fraction of sp³-hybridized carbons (Fsp3) is 0.500. The van der Waals surface area contributed by atoms with Crippen LogP contribution in [0.5, 0.6) is 0 Å². The van der Waals surface area contributed by atoms with Crippen molar-refractivity contribution in [2.45, 2.75) is 39.3 Å². The number of benzene rings is 1. The highest BCUT2D eigenvalue weighted by Gasteiger charge is 2.07. The van der Waals surface area contributed by atoms with Gasteiger partial charge >= 0.3 is 0 Å². The lowest BCUT2D eigenvalue weighted by molar-refractivity contribution is 0.475. The first-order valence-corrected chi connectivity index (χ1v) is 5.73. The molecule has 0 aliphatic rings. The Morgan fingerprint density at radius 3 is 2.60 bits per heavy atom. The Hall–Kier alpha value is -0.600. The number of hydrogen-bond donors (Lipinski definition) is 1. The molecule has 0 amide bonds. The molecule has 0 aliphatic heterocycles. The van der Waals surface area contributed by atoms with Gasteiger partial charge in [0.1, 0.15) is 5.82 Å². The maximum atomic E-state index is 13.5. The van der Waals surface area contributed by atoms with Crippen molar-refractivity contribution >= 4 is 11.6 Å². The molecule has 1 aromatic carbocycles. The SMILES string of the molecule is CCC(CC)NCc1cccc(Cl)c1F. The Balaban J connectivity index is 2.61. The van der Waals surface area contributed by atoms with Gasteiger partial charge in [0, 0.05) is 18.2 Å². The maximum Gasteiger partial charge on any atom is 0.146 e. The first kappa shape index (κ1) is 12.5. The van der Waals surface area contributed by atoms with Crippen molar-refractivity contribution < 1.29 is 4.39 Å². The van der Waals surface area contributed by atoms with Crippen molar-refractivity contribution in [3.05, 3.63) is 34.6 Å². The lowest BCUT2D eigenvalue weighted by Crippen LogP contribution is -2.27. The van der Waals surface area contributed by atoms with E-state index in [0.717, 1.165) is 12.8 Å². The number of rotatable bonds is 5. The van der Waals surface area contributed by atoms with Gasteiger partial charge in [-0.15, -0.1) is 0 Å². The normalized spacial score (nSPS) is 11.0. The van der Waals surface area contributed by atoms with Crippen molar-refractivity contribution in [1.82, 2.24) is 5.32 Å².